The minimum Gasteiger partial charge on any atom is -0.505 e. The molecular weight excluding hydrogens is 236 g/mol. The Kier molecular flexibility index (Phi) is 4.10. The Bertz CT molecular complexity index is 382. The number of benzene rings is 1. The van der Waals surface area contributed by atoms with Gasteiger partial charge in [0.15, 0.2) is 11.6 Å². The lowest BCUT2D eigenvalue weighted by atomic mass is 9.77. The van der Waals surface area contributed by atoms with Crippen molar-refractivity contribution in [2.24, 2.45) is 11.7 Å². The van der Waals surface area contributed by atoms with Crippen LogP contribution in [0, 0.1) is 17.6 Å². The summed E-state index contributed by atoms with van der Waals surface area (Å²) in [4.78, 5) is 0. The van der Waals surface area contributed by atoms with Crippen LogP contribution in [-0.2, 0) is 0 Å². The molecule has 0 amide bonds. The second kappa shape index (κ2) is 4.97. The van der Waals surface area contributed by atoms with Gasteiger partial charge in [-0.05, 0) is 30.9 Å². The summed E-state index contributed by atoms with van der Waals surface area (Å²) in [6.07, 6.45) is 2.89. The fraction of sp³-hybridized carbons (Fsp3) is 0.455. The van der Waals surface area contributed by atoms with Crippen molar-refractivity contribution in [3.05, 3.63) is 29.3 Å². The number of phenols is 1. The Morgan fingerprint density at radius 2 is 1.81 bits per heavy atom. The van der Waals surface area contributed by atoms with E-state index in [2.05, 4.69) is 0 Å². The largest absolute Gasteiger partial charge is 0.505 e. The van der Waals surface area contributed by atoms with Gasteiger partial charge in [-0.25, -0.2) is 8.78 Å². The van der Waals surface area contributed by atoms with Crippen molar-refractivity contribution in [1.29, 1.82) is 0 Å². The molecule has 1 aromatic carbocycles. The molecular formula is C11H14ClF2NO. The second-order valence-electron chi connectivity index (χ2n) is 4.01. The van der Waals surface area contributed by atoms with E-state index in [1.807, 2.05) is 0 Å². The first-order valence-corrected chi connectivity index (χ1v) is 5.03. The summed E-state index contributed by atoms with van der Waals surface area (Å²) in [5, 5.41) is 9.42. The van der Waals surface area contributed by atoms with Crippen LogP contribution in [0.4, 0.5) is 8.78 Å². The van der Waals surface area contributed by atoms with Crippen LogP contribution in [0.3, 0.4) is 0 Å². The number of rotatable bonds is 2. The van der Waals surface area contributed by atoms with Crippen molar-refractivity contribution in [2.75, 3.05) is 0 Å². The van der Waals surface area contributed by atoms with E-state index in [0.29, 0.717) is 0 Å². The lowest BCUT2D eigenvalue weighted by molar-refractivity contribution is 0.254. The van der Waals surface area contributed by atoms with E-state index >= 15 is 0 Å². The Morgan fingerprint density at radius 1 is 1.25 bits per heavy atom. The second-order valence-corrected chi connectivity index (χ2v) is 4.01. The lowest BCUT2D eigenvalue weighted by Crippen LogP contribution is -2.27. The normalized spacial score (nSPS) is 17.4. The van der Waals surface area contributed by atoms with Gasteiger partial charge >= 0.3 is 0 Å². The molecule has 1 aliphatic rings. The fourth-order valence-electron chi connectivity index (χ4n) is 1.91. The van der Waals surface area contributed by atoms with Gasteiger partial charge in [-0.2, -0.15) is 0 Å². The smallest absolute Gasteiger partial charge is 0.165 e. The molecule has 1 aliphatic carbocycles. The molecule has 0 saturated heterocycles. The van der Waals surface area contributed by atoms with Gasteiger partial charge in [-0.3, -0.25) is 0 Å². The maximum Gasteiger partial charge on any atom is 0.165 e. The van der Waals surface area contributed by atoms with E-state index in [1.165, 1.54) is 0 Å². The van der Waals surface area contributed by atoms with Gasteiger partial charge in [0.05, 0.1) is 0 Å². The van der Waals surface area contributed by atoms with Crippen LogP contribution in [-0.4, -0.2) is 5.11 Å². The Balaban J connectivity index is 0.00000128. The van der Waals surface area contributed by atoms with Crippen LogP contribution in [0.25, 0.3) is 0 Å². The molecule has 1 fully saturated rings. The Hall–Kier alpha value is -0.870. The number of halogens is 3. The number of hydrogen-bond donors (Lipinski definition) is 2. The van der Waals surface area contributed by atoms with Crippen LogP contribution in [0.15, 0.2) is 12.1 Å². The van der Waals surface area contributed by atoms with E-state index in [0.717, 1.165) is 31.4 Å². The van der Waals surface area contributed by atoms with Crippen molar-refractivity contribution in [3.8, 4) is 5.75 Å². The Morgan fingerprint density at radius 3 is 2.31 bits per heavy atom. The first-order valence-electron chi connectivity index (χ1n) is 5.03. The summed E-state index contributed by atoms with van der Waals surface area (Å²) in [7, 11) is 0. The van der Waals surface area contributed by atoms with Crippen LogP contribution >= 0.6 is 12.4 Å². The number of aromatic hydroxyl groups is 1. The quantitative estimate of drug-likeness (QED) is 0.847. The molecule has 0 aromatic heterocycles. The molecule has 0 bridgehead atoms. The highest BCUT2D eigenvalue weighted by Crippen LogP contribution is 2.40. The minimum atomic E-state index is -0.818. The number of phenolic OH excluding ortho intramolecular Hbond substituents is 1. The fourth-order valence-corrected chi connectivity index (χ4v) is 1.91. The zero-order valence-corrected chi connectivity index (χ0v) is 9.44. The van der Waals surface area contributed by atoms with E-state index in [9.17, 15) is 13.9 Å². The summed E-state index contributed by atoms with van der Waals surface area (Å²) in [5.74, 6) is -1.93. The Labute approximate surface area is 98.9 Å². The zero-order valence-electron chi connectivity index (χ0n) is 8.62. The predicted octanol–water partition coefficient (Wildman–Crippen LogP) is 2.89. The monoisotopic (exact) mass is 249 g/mol. The molecule has 2 nitrogen and oxygen atoms in total. The van der Waals surface area contributed by atoms with Crippen molar-refractivity contribution in [2.45, 2.75) is 25.3 Å². The van der Waals surface area contributed by atoms with Gasteiger partial charge < -0.3 is 10.8 Å². The molecule has 1 aromatic rings. The number of nitrogens with two attached hydrogens (primary N) is 1. The van der Waals surface area contributed by atoms with Crippen LogP contribution < -0.4 is 5.73 Å². The summed E-state index contributed by atoms with van der Waals surface area (Å²) in [6, 6.07) is 1.30. The van der Waals surface area contributed by atoms with Gasteiger partial charge in [0.1, 0.15) is 5.82 Å². The molecule has 0 aliphatic heterocycles. The highest BCUT2D eigenvalue weighted by molar-refractivity contribution is 5.85. The standard InChI is InChI=1S/C11H13F2NO.ClH/c12-7-4-5-8(13)11(15)9(7)10(14)6-2-1-3-6;/h4-6,10,15H,1-3,14H2;1H/t10-;/m1./s1. The third-order valence-corrected chi connectivity index (χ3v) is 3.11. The summed E-state index contributed by atoms with van der Waals surface area (Å²) in [6.45, 7) is 0. The molecule has 0 spiro atoms. The molecule has 2 rings (SSSR count). The van der Waals surface area contributed by atoms with E-state index in [-0.39, 0.29) is 23.9 Å². The maximum atomic E-state index is 13.4. The summed E-state index contributed by atoms with van der Waals surface area (Å²) < 4.78 is 26.4. The predicted molar refractivity (Wildman–Crippen MR) is 59.5 cm³/mol. The first kappa shape index (κ1) is 13.2. The average molecular weight is 250 g/mol. The third-order valence-electron chi connectivity index (χ3n) is 3.11. The molecule has 5 heteroatoms. The first-order chi connectivity index (χ1) is 7.11. The molecule has 0 radical (unpaired) electrons. The van der Waals surface area contributed by atoms with E-state index < -0.39 is 23.4 Å². The van der Waals surface area contributed by atoms with E-state index in [1.54, 1.807) is 0 Å². The van der Waals surface area contributed by atoms with Crippen molar-refractivity contribution in [3.63, 3.8) is 0 Å². The molecule has 0 unspecified atom stereocenters. The van der Waals surface area contributed by atoms with Crippen LogP contribution in [0.2, 0.25) is 0 Å². The van der Waals surface area contributed by atoms with Gasteiger partial charge in [0.25, 0.3) is 0 Å². The topological polar surface area (TPSA) is 46.2 Å². The van der Waals surface area contributed by atoms with Gasteiger partial charge in [-0.15, -0.1) is 12.4 Å². The highest BCUT2D eigenvalue weighted by atomic mass is 35.5. The lowest BCUT2D eigenvalue weighted by Gasteiger charge is -2.31. The third kappa shape index (κ3) is 2.13. The molecule has 16 heavy (non-hydrogen) atoms. The van der Waals surface area contributed by atoms with Crippen LogP contribution in [0.5, 0.6) is 5.75 Å². The van der Waals surface area contributed by atoms with Crippen LogP contribution in [0.1, 0.15) is 30.9 Å². The van der Waals surface area contributed by atoms with Gasteiger partial charge in [0.2, 0.25) is 0 Å². The van der Waals surface area contributed by atoms with Crippen molar-refractivity contribution in [1.82, 2.24) is 0 Å². The molecule has 1 saturated carbocycles. The molecule has 0 heterocycles. The zero-order chi connectivity index (χ0) is 11.0. The minimum absolute atomic E-state index is 0. The summed E-state index contributed by atoms with van der Waals surface area (Å²) in [5.41, 5.74) is 5.72. The van der Waals surface area contributed by atoms with Crippen molar-refractivity contribution >= 4 is 12.4 Å². The SMILES string of the molecule is Cl.N[C@@H](c1c(F)ccc(F)c1O)C1CCC1. The molecule has 1 atom stereocenters. The summed E-state index contributed by atoms with van der Waals surface area (Å²) >= 11 is 0. The average Bonchev–Trinajstić information content (AvgIpc) is 2.09. The van der Waals surface area contributed by atoms with E-state index in [4.69, 9.17) is 5.73 Å². The molecule has 3 N–H and O–H groups in total. The van der Waals surface area contributed by atoms with Crippen molar-refractivity contribution < 1.29 is 13.9 Å². The van der Waals surface area contributed by atoms with Gasteiger partial charge in [0, 0.05) is 11.6 Å². The van der Waals surface area contributed by atoms with Gasteiger partial charge in [-0.1, -0.05) is 6.42 Å². The number of hydrogen-bond acceptors (Lipinski definition) is 2. The molecule has 90 valence electrons. The highest BCUT2D eigenvalue weighted by Gasteiger charge is 2.30. The maximum absolute atomic E-state index is 13.4.